The Morgan fingerprint density at radius 3 is 3.00 bits per heavy atom. The van der Waals surface area contributed by atoms with E-state index in [9.17, 15) is 4.79 Å². The molecule has 0 aliphatic carbocycles. The zero-order valence-corrected chi connectivity index (χ0v) is 8.51. The van der Waals surface area contributed by atoms with Gasteiger partial charge in [-0.3, -0.25) is 0 Å². The summed E-state index contributed by atoms with van der Waals surface area (Å²) in [5.41, 5.74) is 1.21. The van der Waals surface area contributed by atoms with Crippen molar-refractivity contribution in [1.82, 2.24) is 14.6 Å². The molecular formula is C10H8N4O2. The fraction of sp³-hybridized carbons (Fsp3) is 0.200. The van der Waals surface area contributed by atoms with Crippen molar-refractivity contribution in [3.05, 3.63) is 29.2 Å². The SMILES string of the molecule is CCc1cc(C(=O)O)n2ncc(C#N)c2n1. The van der Waals surface area contributed by atoms with E-state index in [2.05, 4.69) is 10.1 Å². The Kier molecular flexibility index (Phi) is 2.29. The van der Waals surface area contributed by atoms with Crippen molar-refractivity contribution in [3.63, 3.8) is 0 Å². The summed E-state index contributed by atoms with van der Waals surface area (Å²) in [6.07, 6.45) is 1.92. The largest absolute Gasteiger partial charge is 0.477 e. The van der Waals surface area contributed by atoms with E-state index < -0.39 is 5.97 Å². The van der Waals surface area contributed by atoms with Gasteiger partial charge in [-0.2, -0.15) is 10.4 Å². The Balaban J connectivity index is 2.85. The summed E-state index contributed by atoms with van der Waals surface area (Å²) in [4.78, 5) is 15.2. The number of aromatic carboxylic acids is 1. The molecule has 0 saturated carbocycles. The number of nitrogens with zero attached hydrogens (tertiary/aromatic N) is 4. The number of rotatable bonds is 2. The highest BCUT2D eigenvalue weighted by atomic mass is 16.4. The van der Waals surface area contributed by atoms with Gasteiger partial charge in [0.2, 0.25) is 0 Å². The third-order valence-corrected chi connectivity index (χ3v) is 2.23. The van der Waals surface area contributed by atoms with Crippen molar-refractivity contribution in [2.45, 2.75) is 13.3 Å². The Morgan fingerprint density at radius 2 is 2.44 bits per heavy atom. The van der Waals surface area contributed by atoms with Crippen LogP contribution in [-0.2, 0) is 6.42 Å². The quantitative estimate of drug-likeness (QED) is 0.803. The van der Waals surface area contributed by atoms with E-state index in [1.54, 1.807) is 0 Å². The van der Waals surface area contributed by atoms with Crippen molar-refractivity contribution < 1.29 is 9.90 Å². The average molecular weight is 216 g/mol. The van der Waals surface area contributed by atoms with Crippen molar-refractivity contribution >= 4 is 11.6 Å². The van der Waals surface area contributed by atoms with E-state index in [1.165, 1.54) is 16.8 Å². The molecule has 0 aliphatic heterocycles. The minimum atomic E-state index is -1.09. The lowest BCUT2D eigenvalue weighted by atomic mass is 10.2. The van der Waals surface area contributed by atoms with Gasteiger partial charge in [-0.05, 0) is 12.5 Å². The minimum absolute atomic E-state index is 0.0170. The van der Waals surface area contributed by atoms with Crippen molar-refractivity contribution in [3.8, 4) is 6.07 Å². The van der Waals surface area contributed by atoms with Crippen LogP contribution in [0.15, 0.2) is 12.3 Å². The Morgan fingerprint density at radius 1 is 1.69 bits per heavy atom. The first kappa shape index (κ1) is 10.1. The first-order valence-corrected chi connectivity index (χ1v) is 4.68. The summed E-state index contributed by atoms with van der Waals surface area (Å²) >= 11 is 0. The predicted molar refractivity (Wildman–Crippen MR) is 54.0 cm³/mol. The van der Waals surface area contributed by atoms with E-state index in [-0.39, 0.29) is 11.3 Å². The molecule has 0 aliphatic rings. The standard InChI is InChI=1S/C10H8N4O2/c1-2-7-3-8(10(15)16)14-9(13-7)6(4-11)5-12-14/h3,5H,2H2,1H3,(H,15,16). The van der Waals surface area contributed by atoms with Crippen LogP contribution in [0.4, 0.5) is 0 Å². The highest BCUT2D eigenvalue weighted by Gasteiger charge is 2.14. The summed E-state index contributed by atoms with van der Waals surface area (Å²) in [7, 11) is 0. The summed E-state index contributed by atoms with van der Waals surface area (Å²) in [5.74, 6) is -1.09. The minimum Gasteiger partial charge on any atom is -0.477 e. The number of carboxylic acids is 1. The number of aryl methyl sites for hydroxylation is 1. The molecule has 0 radical (unpaired) electrons. The maximum atomic E-state index is 11.0. The summed E-state index contributed by atoms with van der Waals surface area (Å²) in [6, 6.07) is 3.39. The molecule has 0 unspecified atom stereocenters. The summed E-state index contributed by atoms with van der Waals surface area (Å²) in [5, 5.41) is 21.7. The monoisotopic (exact) mass is 216 g/mol. The molecular weight excluding hydrogens is 208 g/mol. The fourth-order valence-electron chi connectivity index (χ4n) is 1.43. The first-order chi connectivity index (χ1) is 7.67. The molecule has 0 atom stereocenters. The number of hydrogen-bond donors (Lipinski definition) is 1. The molecule has 2 rings (SSSR count). The average Bonchev–Trinajstić information content (AvgIpc) is 2.69. The highest BCUT2D eigenvalue weighted by molar-refractivity contribution is 5.86. The van der Waals surface area contributed by atoms with Gasteiger partial charge in [0.25, 0.3) is 0 Å². The first-order valence-electron chi connectivity index (χ1n) is 4.68. The maximum absolute atomic E-state index is 11.0. The van der Waals surface area contributed by atoms with Gasteiger partial charge >= 0.3 is 5.97 Å². The summed E-state index contributed by atoms with van der Waals surface area (Å²) in [6.45, 7) is 1.87. The molecule has 0 bridgehead atoms. The predicted octanol–water partition coefficient (Wildman–Crippen LogP) is 0.862. The topological polar surface area (TPSA) is 91.3 Å². The van der Waals surface area contributed by atoms with Gasteiger partial charge in [-0.1, -0.05) is 6.92 Å². The third kappa shape index (κ3) is 1.39. The molecule has 0 amide bonds. The van der Waals surface area contributed by atoms with E-state index in [0.29, 0.717) is 17.8 Å². The zero-order valence-electron chi connectivity index (χ0n) is 8.51. The van der Waals surface area contributed by atoms with Gasteiger partial charge in [0.05, 0.1) is 6.20 Å². The zero-order chi connectivity index (χ0) is 11.7. The number of carbonyl (C=O) groups is 1. The third-order valence-electron chi connectivity index (χ3n) is 2.23. The van der Waals surface area contributed by atoms with Crippen LogP contribution in [0, 0.1) is 11.3 Å². The molecule has 80 valence electrons. The maximum Gasteiger partial charge on any atom is 0.354 e. The molecule has 0 spiro atoms. The van der Waals surface area contributed by atoms with Crippen LogP contribution < -0.4 is 0 Å². The van der Waals surface area contributed by atoms with Crippen LogP contribution in [0.5, 0.6) is 0 Å². The molecule has 6 heteroatoms. The molecule has 16 heavy (non-hydrogen) atoms. The Bertz CT molecular complexity index is 609. The number of carboxylic acid groups (broad SMARTS) is 1. The molecule has 0 aromatic carbocycles. The van der Waals surface area contributed by atoms with Gasteiger partial charge in [-0.25, -0.2) is 14.3 Å². The second-order valence-electron chi connectivity index (χ2n) is 3.20. The molecule has 6 nitrogen and oxygen atoms in total. The van der Waals surface area contributed by atoms with Gasteiger partial charge < -0.3 is 5.11 Å². The number of aromatic nitrogens is 3. The van der Waals surface area contributed by atoms with Crippen LogP contribution >= 0.6 is 0 Å². The summed E-state index contributed by atoms with van der Waals surface area (Å²) < 4.78 is 1.17. The van der Waals surface area contributed by atoms with Crippen LogP contribution in [0.2, 0.25) is 0 Å². The molecule has 1 N–H and O–H groups in total. The van der Waals surface area contributed by atoms with Crippen LogP contribution in [-0.4, -0.2) is 25.7 Å². The van der Waals surface area contributed by atoms with E-state index in [0.717, 1.165) is 0 Å². The van der Waals surface area contributed by atoms with Gasteiger partial charge in [0.15, 0.2) is 11.3 Å². The lowest BCUT2D eigenvalue weighted by Gasteiger charge is -2.02. The van der Waals surface area contributed by atoms with Crippen LogP contribution in [0.25, 0.3) is 5.65 Å². The molecule has 0 fully saturated rings. The smallest absolute Gasteiger partial charge is 0.354 e. The van der Waals surface area contributed by atoms with Crippen molar-refractivity contribution in [2.75, 3.05) is 0 Å². The van der Waals surface area contributed by atoms with E-state index >= 15 is 0 Å². The number of hydrogen-bond acceptors (Lipinski definition) is 4. The molecule has 2 aromatic rings. The van der Waals surface area contributed by atoms with E-state index in [1.807, 2.05) is 13.0 Å². The fourth-order valence-corrected chi connectivity index (χ4v) is 1.43. The number of fused-ring (bicyclic) bond motifs is 1. The van der Waals surface area contributed by atoms with E-state index in [4.69, 9.17) is 10.4 Å². The second-order valence-corrected chi connectivity index (χ2v) is 3.20. The Hall–Kier alpha value is -2.42. The Labute approximate surface area is 90.8 Å². The lowest BCUT2D eigenvalue weighted by molar-refractivity contribution is 0.0687. The molecule has 2 heterocycles. The lowest BCUT2D eigenvalue weighted by Crippen LogP contribution is -2.09. The van der Waals surface area contributed by atoms with Gasteiger partial charge in [-0.15, -0.1) is 0 Å². The second kappa shape index (κ2) is 3.62. The highest BCUT2D eigenvalue weighted by Crippen LogP contribution is 2.12. The van der Waals surface area contributed by atoms with Crippen molar-refractivity contribution in [1.29, 1.82) is 5.26 Å². The molecule has 2 aromatic heterocycles. The van der Waals surface area contributed by atoms with Gasteiger partial charge in [0.1, 0.15) is 11.6 Å². The normalized spacial score (nSPS) is 10.2. The van der Waals surface area contributed by atoms with Crippen LogP contribution in [0.3, 0.4) is 0 Å². The number of nitriles is 1. The molecule has 0 saturated heterocycles. The van der Waals surface area contributed by atoms with Crippen LogP contribution in [0.1, 0.15) is 28.7 Å². The van der Waals surface area contributed by atoms with Gasteiger partial charge in [0, 0.05) is 5.69 Å². The van der Waals surface area contributed by atoms with Crippen molar-refractivity contribution in [2.24, 2.45) is 0 Å².